The second-order valence-corrected chi connectivity index (χ2v) is 5.85. The van der Waals surface area contributed by atoms with E-state index in [0.29, 0.717) is 13.2 Å². The van der Waals surface area contributed by atoms with Crippen LogP contribution in [0.3, 0.4) is 0 Å². The maximum Gasteiger partial charge on any atom is 0.234 e. The van der Waals surface area contributed by atoms with Gasteiger partial charge in [-0.1, -0.05) is 30.3 Å². The molecule has 0 aliphatic carbocycles. The first-order valence-electron chi connectivity index (χ1n) is 7.93. The van der Waals surface area contributed by atoms with Gasteiger partial charge in [0.25, 0.3) is 0 Å². The van der Waals surface area contributed by atoms with Crippen LogP contribution in [-0.2, 0) is 34.3 Å². The highest BCUT2D eigenvalue weighted by molar-refractivity contribution is 5.90. The molecule has 2 aliphatic heterocycles. The number of carbonyl (C=O) groups is 1. The molecular weight excluding hydrogens is 312 g/mol. The minimum absolute atomic E-state index is 0.0211. The number of rotatable bonds is 6. The van der Waals surface area contributed by atoms with Crippen molar-refractivity contribution in [1.29, 1.82) is 0 Å². The number of hydrogen-bond acceptors (Lipinski definition) is 6. The Morgan fingerprint density at radius 1 is 1.08 bits per heavy atom. The van der Waals surface area contributed by atoms with Crippen LogP contribution < -0.4 is 0 Å². The zero-order chi connectivity index (χ0) is 17.0. The maximum atomic E-state index is 11.9. The molecule has 6 nitrogen and oxygen atoms in total. The molecule has 1 saturated heterocycles. The van der Waals surface area contributed by atoms with Gasteiger partial charge >= 0.3 is 0 Å². The Morgan fingerprint density at radius 3 is 2.25 bits per heavy atom. The maximum absolute atomic E-state index is 11.9. The van der Waals surface area contributed by atoms with Crippen molar-refractivity contribution in [3.05, 3.63) is 48.2 Å². The summed E-state index contributed by atoms with van der Waals surface area (Å²) in [7, 11) is 3.22. The van der Waals surface area contributed by atoms with Gasteiger partial charge in [0.1, 0.15) is 12.2 Å². The molecule has 0 saturated carbocycles. The van der Waals surface area contributed by atoms with Gasteiger partial charge in [-0.25, -0.2) is 0 Å². The quantitative estimate of drug-likeness (QED) is 0.790. The van der Waals surface area contributed by atoms with Crippen LogP contribution in [0.5, 0.6) is 0 Å². The van der Waals surface area contributed by atoms with Gasteiger partial charge in [-0.2, -0.15) is 0 Å². The molecule has 6 heteroatoms. The van der Waals surface area contributed by atoms with E-state index in [4.69, 9.17) is 23.7 Å². The summed E-state index contributed by atoms with van der Waals surface area (Å²) in [6, 6.07) is 9.53. The summed E-state index contributed by atoms with van der Waals surface area (Å²) < 4.78 is 28.8. The van der Waals surface area contributed by atoms with Gasteiger partial charge in [0.2, 0.25) is 5.79 Å². The van der Waals surface area contributed by atoms with Crippen molar-refractivity contribution in [2.75, 3.05) is 27.4 Å². The molecule has 0 amide bonds. The van der Waals surface area contributed by atoms with Crippen molar-refractivity contribution in [1.82, 2.24) is 0 Å². The van der Waals surface area contributed by atoms with Crippen molar-refractivity contribution >= 4 is 5.78 Å². The van der Waals surface area contributed by atoms with Gasteiger partial charge in [0.15, 0.2) is 11.9 Å². The number of allylic oxidation sites excluding steroid dienone is 1. The van der Waals surface area contributed by atoms with Crippen LogP contribution in [0, 0.1) is 0 Å². The minimum Gasteiger partial charge on any atom is -0.491 e. The smallest absolute Gasteiger partial charge is 0.234 e. The summed E-state index contributed by atoms with van der Waals surface area (Å²) in [6.07, 6.45) is 1.80. The molecule has 1 fully saturated rings. The number of benzene rings is 1. The van der Waals surface area contributed by atoms with Crippen molar-refractivity contribution in [2.24, 2.45) is 0 Å². The van der Waals surface area contributed by atoms with E-state index in [2.05, 4.69) is 0 Å². The summed E-state index contributed by atoms with van der Waals surface area (Å²) in [6.45, 7) is 0.720. The minimum atomic E-state index is -1.17. The monoisotopic (exact) mass is 334 g/mol. The third-order valence-electron chi connectivity index (χ3n) is 4.21. The normalized spacial score (nSPS) is 28.8. The Labute approximate surface area is 141 Å². The molecule has 1 aromatic rings. The average molecular weight is 334 g/mol. The van der Waals surface area contributed by atoms with Crippen LogP contribution in [0.4, 0.5) is 0 Å². The van der Waals surface area contributed by atoms with Gasteiger partial charge in [-0.3, -0.25) is 4.79 Å². The lowest BCUT2D eigenvalue weighted by Crippen LogP contribution is -2.45. The second-order valence-electron chi connectivity index (χ2n) is 5.85. The van der Waals surface area contributed by atoms with Crippen LogP contribution in [0.1, 0.15) is 12.0 Å². The summed E-state index contributed by atoms with van der Waals surface area (Å²) in [5.41, 5.74) is 0.804. The fourth-order valence-electron chi connectivity index (χ4n) is 3.12. The number of ketones is 1. The molecule has 0 aromatic heterocycles. The number of ether oxygens (including phenoxy) is 5. The number of carbonyl (C=O) groups excluding carboxylic acids is 1. The summed E-state index contributed by atoms with van der Waals surface area (Å²) in [5.74, 6) is -1.19. The molecule has 3 atom stereocenters. The highest BCUT2D eigenvalue weighted by Gasteiger charge is 2.55. The molecule has 1 unspecified atom stereocenters. The average Bonchev–Trinajstić information content (AvgIpc) is 2.96. The van der Waals surface area contributed by atoms with Gasteiger partial charge in [0, 0.05) is 25.9 Å². The summed E-state index contributed by atoms with van der Waals surface area (Å²) in [5, 5.41) is 0. The largest absolute Gasteiger partial charge is 0.491 e. The third-order valence-corrected chi connectivity index (χ3v) is 4.21. The predicted octanol–water partition coefficient (Wildman–Crippen LogP) is 1.79. The SMILES string of the molecule is COC[C@@H]1OC(c2ccccc2)(C2CC(=O)C=CO2)O[C@H]1COC. The first-order valence-corrected chi connectivity index (χ1v) is 7.93. The lowest BCUT2D eigenvalue weighted by atomic mass is 9.95. The van der Waals surface area contributed by atoms with E-state index < -0.39 is 11.9 Å². The van der Waals surface area contributed by atoms with Crippen LogP contribution >= 0.6 is 0 Å². The van der Waals surface area contributed by atoms with E-state index in [1.807, 2.05) is 30.3 Å². The van der Waals surface area contributed by atoms with Crippen LogP contribution in [0.15, 0.2) is 42.7 Å². The Bertz CT molecular complexity index is 570. The zero-order valence-electron chi connectivity index (χ0n) is 13.8. The Balaban J connectivity index is 1.97. The molecule has 0 N–H and O–H groups in total. The summed E-state index contributed by atoms with van der Waals surface area (Å²) in [4.78, 5) is 11.9. The lowest BCUT2D eigenvalue weighted by Gasteiger charge is -2.36. The fourth-order valence-corrected chi connectivity index (χ4v) is 3.12. The topological polar surface area (TPSA) is 63.2 Å². The third kappa shape index (κ3) is 3.23. The second kappa shape index (κ2) is 7.44. The Morgan fingerprint density at radius 2 is 1.71 bits per heavy atom. The number of hydrogen-bond donors (Lipinski definition) is 0. The summed E-state index contributed by atoms with van der Waals surface area (Å²) >= 11 is 0. The molecule has 0 spiro atoms. The number of methoxy groups -OCH3 is 2. The molecule has 0 radical (unpaired) electrons. The van der Waals surface area contributed by atoms with Gasteiger partial charge < -0.3 is 23.7 Å². The van der Waals surface area contributed by atoms with Crippen LogP contribution in [0.2, 0.25) is 0 Å². The van der Waals surface area contributed by atoms with Crippen LogP contribution in [-0.4, -0.2) is 51.5 Å². The zero-order valence-corrected chi connectivity index (χ0v) is 13.8. The molecule has 3 rings (SSSR count). The molecule has 1 aromatic carbocycles. The molecule has 2 heterocycles. The molecule has 24 heavy (non-hydrogen) atoms. The fraction of sp³-hybridized carbons (Fsp3) is 0.500. The van der Waals surface area contributed by atoms with E-state index >= 15 is 0 Å². The van der Waals surface area contributed by atoms with Crippen molar-refractivity contribution in [3.8, 4) is 0 Å². The van der Waals surface area contributed by atoms with Crippen molar-refractivity contribution in [2.45, 2.75) is 30.5 Å². The van der Waals surface area contributed by atoms with Crippen molar-refractivity contribution < 1.29 is 28.5 Å². The predicted molar refractivity (Wildman–Crippen MR) is 85.3 cm³/mol. The van der Waals surface area contributed by atoms with Gasteiger partial charge in [0.05, 0.1) is 25.9 Å². The van der Waals surface area contributed by atoms with Crippen molar-refractivity contribution in [3.63, 3.8) is 0 Å². The van der Waals surface area contributed by atoms with Gasteiger partial charge in [-0.05, 0) is 0 Å². The van der Waals surface area contributed by atoms with E-state index in [0.717, 1.165) is 5.56 Å². The standard InChI is InChI=1S/C18H22O6/c1-20-11-15-16(12-21-2)24-18(23-15,13-6-4-3-5-7-13)17-10-14(19)8-9-22-17/h3-9,15-17H,10-12H2,1-2H3/t15-,16-,17?/m0/s1. The molecule has 130 valence electrons. The first kappa shape index (κ1) is 17.1. The van der Waals surface area contributed by atoms with E-state index in [-0.39, 0.29) is 24.4 Å². The highest BCUT2D eigenvalue weighted by atomic mass is 16.8. The van der Waals surface area contributed by atoms with Gasteiger partial charge in [-0.15, -0.1) is 0 Å². The first-order chi connectivity index (χ1) is 11.7. The molecule has 0 bridgehead atoms. The molecule has 2 aliphatic rings. The Hall–Kier alpha value is -1.73. The van der Waals surface area contributed by atoms with E-state index in [1.165, 1.54) is 12.3 Å². The van der Waals surface area contributed by atoms with E-state index in [1.54, 1.807) is 14.2 Å². The highest BCUT2D eigenvalue weighted by Crippen LogP contribution is 2.43. The van der Waals surface area contributed by atoms with Crippen LogP contribution in [0.25, 0.3) is 0 Å². The lowest BCUT2D eigenvalue weighted by molar-refractivity contribution is -0.249. The van der Waals surface area contributed by atoms with E-state index in [9.17, 15) is 4.79 Å². The molecular formula is C18H22O6. The Kier molecular flexibility index (Phi) is 5.30.